The van der Waals surface area contributed by atoms with Gasteiger partial charge in [0.25, 0.3) is 0 Å². The second kappa shape index (κ2) is 6.75. The summed E-state index contributed by atoms with van der Waals surface area (Å²) in [7, 11) is 0. The van der Waals surface area contributed by atoms with Crippen LogP contribution in [0.25, 0.3) is 10.9 Å². The van der Waals surface area contributed by atoms with Crippen LogP contribution in [0, 0.1) is 12.8 Å². The number of nitrogens with one attached hydrogen (secondary N) is 1. The number of rotatable bonds is 4. The zero-order chi connectivity index (χ0) is 16.4. The highest BCUT2D eigenvalue weighted by Gasteiger charge is 2.19. The molecule has 23 heavy (non-hydrogen) atoms. The quantitative estimate of drug-likeness (QED) is 0.940. The van der Waals surface area contributed by atoms with Gasteiger partial charge in [-0.3, -0.25) is 9.69 Å². The number of likely N-dealkylation sites (tertiary alicyclic amines) is 1. The van der Waals surface area contributed by atoms with Crippen molar-refractivity contribution in [2.45, 2.75) is 40.2 Å². The average molecular weight is 314 g/mol. The molecule has 2 heterocycles. The van der Waals surface area contributed by atoms with Gasteiger partial charge in [-0.1, -0.05) is 6.92 Å². The maximum Gasteiger partial charge on any atom is 0.194 e. The molecule has 0 unspecified atom stereocenters. The standard InChI is InChI=1S/C19H26N2O2/c1-4-23-15-7-8-18-16(10-15)19(22)17(14(3)20-18)12-21-9-5-6-13(2)11-21/h7-8,10,13H,4-6,9,11-12H2,1-3H3,(H,20,22)/t13-/m1/s1. The van der Waals surface area contributed by atoms with Crippen LogP contribution in [-0.2, 0) is 6.54 Å². The van der Waals surface area contributed by atoms with E-state index >= 15 is 0 Å². The molecular weight excluding hydrogens is 288 g/mol. The number of aromatic nitrogens is 1. The first-order valence-electron chi connectivity index (χ1n) is 8.59. The van der Waals surface area contributed by atoms with Crippen molar-refractivity contribution >= 4 is 10.9 Å². The normalized spacial score (nSPS) is 19.2. The van der Waals surface area contributed by atoms with Gasteiger partial charge in [-0.05, 0) is 57.4 Å². The van der Waals surface area contributed by atoms with E-state index in [0.29, 0.717) is 12.5 Å². The molecule has 1 aromatic carbocycles. The molecule has 0 spiro atoms. The Kier molecular flexibility index (Phi) is 4.71. The predicted octanol–water partition coefficient (Wildman–Crippen LogP) is 3.47. The first-order chi connectivity index (χ1) is 11.1. The summed E-state index contributed by atoms with van der Waals surface area (Å²) in [5.41, 5.74) is 2.88. The third-order valence-corrected chi connectivity index (χ3v) is 4.72. The molecule has 4 heteroatoms. The van der Waals surface area contributed by atoms with Crippen molar-refractivity contribution in [3.8, 4) is 5.75 Å². The van der Waals surface area contributed by atoms with Crippen molar-refractivity contribution in [3.05, 3.63) is 39.7 Å². The zero-order valence-electron chi connectivity index (χ0n) is 14.3. The average Bonchev–Trinajstić information content (AvgIpc) is 2.52. The van der Waals surface area contributed by atoms with Gasteiger partial charge in [0.1, 0.15) is 5.75 Å². The summed E-state index contributed by atoms with van der Waals surface area (Å²) in [5, 5.41) is 0.724. The highest BCUT2D eigenvalue weighted by Crippen LogP contribution is 2.21. The minimum absolute atomic E-state index is 0.135. The number of hydrogen-bond acceptors (Lipinski definition) is 3. The number of piperidine rings is 1. The lowest BCUT2D eigenvalue weighted by molar-refractivity contribution is 0.176. The van der Waals surface area contributed by atoms with E-state index in [1.54, 1.807) is 0 Å². The number of aromatic amines is 1. The Morgan fingerprint density at radius 2 is 2.22 bits per heavy atom. The fraction of sp³-hybridized carbons (Fsp3) is 0.526. The van der Waals surface area contributed by atoms with Crippen molar-refractivity contribution in [1.82, 2.24) is 9.88 Å². The summed E-state index contributed by atoms with van der Waals surface area (Å²) < 4.78 is 5.54. The van der Waals surface area contributed by atoms with Crippen LogP contribution in [0.4, 0.5) is 0 Å². The number of hydrogen-bond donors (Lipinski definition) is 1. The molecule has 0 amide bonds. The molecule has 1 aromatic heterocycles. The largest absolute Gasteiger partial charge is 0.494 e. The van der Waals surface area contributed by atoms with Crippen LogP contribution in [0.1, 0.15) is 37.9 Å². The van der Waals surface area contributed by atoms with Crippen molar-refractivity contribution in [3.63, 3.8) is 0 Å². The van der Waals surface area contributed by atoms with Crippen molar-refractivity contribution in [2.24, 2.45) is 5.92 Å². The summed E-state index contributed by atoms with van der Waals surface area (Å²) in [6, 6.07) is 5.70. The summed E-state index contributed by atoms with van der Waals surface area (Å²) in [4.78, 5) is 18.8. The summed E-state index contributed by atoms with van der Waals surface area (Å²) in [6.07, 6.45) is 2.52. The second-order valence-electron chi connectivity index (χ2n) is 6.68. The van der Waals surface area contributed by atoms with Gasteiger partial charge in [-0.2, -0.15) is 0 Å². The number of fused-ring (bicyclic) bond motifs is 1. The Morgan fingerprint density at radius 3 is 2.96 bits per heavy atom. The Hall–Kier alpha value is -1.81. The lowest BCUT2D eigenvalue weighted by Gasteiger charge is -2.31. The number of pyridine rings is 1. The second-order valence-corrected chi connectivity index (χ2v) is 6.68. The third-order valence-electron chi connectivity index (χ3n) is 4.72. The molecule has 4 nitrogen and oxygen atoms in total. The van der Waals surface area contributed by atoms with Crippen LogP contribution in [0.15, 0.2) is 23.0 Å². The molecule has 2 aromatic rings. The van der Waals surface area contributed by atoms with Crippen LogP contribution >= 0.6 is 0 Å². The van der Waals surface area contributed by atoms with Gasteiger partial charge < -0.3 is 9.72 Å². The van der Waals surface area contributed by atoms with Gasteiger partial charge in [0.15, 0.2) is 5.43 Å². The number of aryl methyl sites for hydroxylation is 1. The van der Waals surface area contributed by atoms with Crippen molar-refractivity contribution in [2.75, 3.05) is 19.7 Å². The number of ether oxygens (including phenoxy) is 1. The molecular formula is C19H26N2O2. The maximum atomic E-state index is 13.0. The van der Waals surface area contributed by atoms with Gasteiger partial charge >= 0.3 is 0 Å². The molecule has 3 rings (SSSR count). The van der Waals surface area contributed by atoms with E-state index in [9.17, 15) is 4.79 Å². The fourth-order valence-corrected chi connectivity index (χ4v) is 3.53. The van der Waals surface area contributed by atoms with Crippen LogP contribution in [0.2, 0.25) is 0 Å². The maximum absolute atomic E-state index is 13.0. The van der Waals surface area contributed by atoms with E-state index in [1.165, 1.54) is 12.8 Å². The fourth-order valence-electron chi connectivity index (χ4n) is 3.53. The van der Waals surface area contributed by atoms with E-state index in [-0.39, 0.29) is 5.43 Å². The van der Waals surface area contributed by atoms with E-state index in [4.69, 9.17) is 4.74 Å². The molecule has 0 saturated carbocycles. The number of benzene rings is 1. The molecule has 0 aliphatic carbocycles. The van der Waals surface area contributed by atoms with E-state index < -0.39 is 0 Å². The van der Waals surface area contributed by atoms with Crippen LogP contribution in [-0.4, -0.2) is 29.6 Å². The minimum atomic E-state index is 0.135. The Labute approximate surface area is 137 Å². The molecule has 1 aliphatic heterocycles. The van der Waals surface area contributed by atoms with E-state index in [1.807, 2.05) is 32.0 Å². The van der Waals surface area contributed by atoms with Crippen LogP contribution in [0.5, 0.6) is 5.75 Å². The monoisotopic (exact) mass is 314 g/mol. The first-order valence-corrected chi connectivity index (χ1v) is 8.59. The molecule has 1 N–H and O–H groups in total. The van der Waals surface area contributed by atoms with Crippen molar-refractivity contribution < 1.29 is 4.74 Å². The highest BCUT2D eigenvalue weighted by atomic mass is 16.5. The zero-order valence-corrected chi connectivity index (χ0v) is 14.3. The van der Waals surface area contributed by atoms with Gasteiger partial charge in [0.2, 0.25) is 0 Å². The molecule has 0 bridgehead atoms. The molecule has 1 atom stereocenters. The highest BCUT2D eigenvalue weighted by molar-refractivity contribution is 5.81. The SMILES string of the molecule is CCOc1ccc2[nH]c(C)c(CN3CCC[C@@H](C)C3)c(=O)c2c1. The Morgan fingerprint density at radius 1 is 1.39 bits per heavy atom. The Bertz CT molecular complexity index is 751. The van der Waals surface area contributed by atoms with E-state index in [0.717, 1.165) is 47.5 Å². The third kappa shape index (κ3) is 3.42. The van der Waals surface area contributed by atoms with Crippen LogP contribution in [0.3, 0.4) is 0 Å². The van der Waals surface area contributed by atoms with Crippen molar-refractivity contribution in [1.29, 1.82) is 0 Å². The number of H-pyrrole nitrogens is 1. The predicted molar refractivity (Wildman–Crippen MR) is 94.1 cm³/mol. The summed E-state index contributed by atoms with van der Waals surface area (Å²) in [5.74, 6) is 1.47. The van der Waals surface area contributed by atoms with Gasteiger partial charge in [0, 0.05) is 35.2 Å². The molecule has 1 fully saturated rings. The van der Waals surface area contributed by atoms with Crippen LogP contribution < -0.4 is 10.2 Å². The smallest absolute Gasteiger partial charge is 0.194 e. The van der Waals surface area contributed by atoms with Gasteiger partial charge in [-0.25, -0.2) is 0 Å². The van der Waals surface area contributed by atoms with Gasteiger partial charge in [0.05, 0.1) is 6.61 Å². The topological polar surface area (TPSA) is 45.3 Å². The lowest BCUT2D eigenvalue weighted by Crippen LogP contribution is -2.35. The number of nitrogens with zero attached hydrogens (tertiary/aromatic N) is 1. The molecule has 0 radical (unpaired) electrons. The minimum Gasteiger partial charge on any atom is -0.494 e. The molecule has 124 valence electrons. The molecule has 1 aliphatic rings. The lowest BCUT2D eigenvalue weighted by atomic mass is 9.99. The molecule has 1 saturated heterocycles. The summed E-state index contributed by atoms with van der Waals surface area (Å²) in [6.45, 7) is 9.74. The summed E-state index contributed by atoms with van der Waals surface area (Å²) >= 11 is 0. The van der Waals surface area contributed by atoms with Gasteiger partial charge in [-0.15, -0.1) is 0 Å². The van der Waals surface area contributed by atoms with E-state index in [2.05, 4.69) is 16.8 Å². The first kappa shape index (κ1) is 16.1. The Balaban J connectivity index is 1.97.